The van der Waals surface area contributed by atoms with E-state index in [0.717, 1.165) is 11.1 Å². The molecule has 3 amide bonds. The number of ether oxygens (including phenoxy) is 1. The van der Waals surface area contributed by atoms with Gasteiger partial charge in [0.15, 0.2) is 0 Å². The van der Waals surface area contributed by atoms with Crippen LogP contribution in [0.4, 0.5) is 16.2 Å². The van der Waals surface area contributed by atoms with E-state index in [1.807, 2.05) is 0 Å². The smallest absolute Gasteiger partial charge is 0.412 e. The molecule has 0 heterocycles. The molecule has 0 spiro atoms. The molecule has 2 aromatic carbocycles. The standard InChI is InChI=1S/C21H25N3O4/c1-21(2,3)28-20(27)24-17-10-6-15(7-11-17)13-19(26)23-16-8-4-14(5-9-16)12-18(22)25/h4-11H,12-13H2,1-3H3,(H2,22,25)(H,23,26)(H,24,27). The third-order valence-corrected chi connectivity index (χ3v) is 3.58. The molecule has 148 valence electrons. The number of hydrogen-bond donors (Lipinski definition) is 3. The Morgan fingerprint density at radius 1 is 0.821 bits per heavy atom. The Balaban J connectivity index is 1.87. The number of amides is 3. The Kier molecular flexibility index (Phi) is 6.76. The summed E-state index contributed by atoms with van der Waals surface area (Å²) in [6.45, 7) is 5.37. The molecular formula is C21H25N3O4. The lowest BCUT2D eigenvalue weighted by Crippen LogP contribution is -2.27. The van der Waals surface area contributed by atoms with Crippen LogP contribution in [0.1, 0.15) is 31.9 Å². The van der Waals surface area contributed by atoms with Crippen LogP contribution in [-0.2, 0) is 27.2 Å². The van der Waals surface area contributed by atoms with Gasteiger partial charge in [-0.3, -0.25) is 14.9 Å². The second kappa shape index (κ2) is 9.03. The van der Waals surface area contributed by atoms with Crippen LogP contribution in [0.15, 0.2) is 48.5 Å². The highest BCUT2D eigenvalue weighted by Crippen LogP contribution is 2.14. The van der Waals surface area contributed by atoms with Crippen molar-refractivity contribution in [2.24, 2.45) is 5.73 Å². The molecule has 0 saturated carbocycles. The van der Waals surface area contributed by atoms with Crippen LogP contribution >= 0.6 is 0 Å². The summed E-state index contributed by atoms with van der Waals surface area (Å²) in [6.07, 6.45) is -0.175. The minimum atomic E-state index is -0.569. The topological polar surface area (TPSA) is 111 Å². The zero-order chi connectivity index (χ0) is 20.7. The fourth-order valence-corrected chi connectivity index (χ4v) is 2.43. The van der Waals surface area contributed by atoms with Crippen LogP contribution in [-0.4, -0.2) is 23.5 Å². The molecule has 7 heteroatoms. The maximum atomic E-state index is 12.2. The molecule has 0 aliphatic rings. The van der Waals surface area contributed by atoms with E-state index >= 15 is 0 Å². The van der Waals surface area contributed by atoms with Crippen LogP contribution in [0.3, 0.4) is 0 Å². The number of primary amides is 1. The summed E-state index contributed by atoms with van der Waals surface area (Å²) in [7, 11) is 0. The van der Waals surface area contributed by atoms with Gasteiger partial charge in [-0.15, -0.1) is 0 Å². The molecule has 2 rings (SSSR count). The molecule has 4 N–H and O–H groups in total. The van der Waals surface area contributed by atoms with Crippen LogP contribution in [0.25, 0.3) is 0 Å². The molecule has 0 bridgehead atoms. The highest BCUT2D eigenvalue weighted by atomic mass is 16.6. The summed E-state index contributed by atoms with van der Waals surface area (Å²) in [5, 5.41) is 5.44. The average Bonchev–Trinajstić information content (AvgIpc) is 2.56. The van der Waals surface area contributed by atoms with Gasteiger partial charge in [-0.25, -0.2) is 4.79 Å². The first-order valence-corrected chi connectivity index (χ1v) is 8.87. The van der Waals surface area contributed by atoms with E-state index < -0.39 is 17.6 Å². The number of carbonyl (C=O) groups excluding carboxylic acids is 3. The Morgan fingerprint density at radius 2 is 1.29 bits per heavy atom. The summed E-state index contributed by atoms with van der Waals surface area (Å²) < 4.78 is 5.19. The summed E-state index contributed by atoms with van der Waals surface area (Å²) in [6, 6.07) is 13.9. The van der Waals surface area contributed by atoms with Gasteiger partial charge in [-0.2, -0.15) is 0 Å². The van der Waals surface area contributed by atoms with Gasteiger partial charge in [0.2, 0.25) is 11.8 Å². The fraction of sp³-hybridized carbons (Fsp3) is 0.286. The van der Waals surface area contributed by atoms with Crippen molar-refractivity contribution in [2.45, 2.75) is 39.2 Å². The van der Waals surface area contributed by atoms with Crippen molar-refractivity contribution in [1.29, 1.82) is 0 Å². The molecular weight excluding hydrogens is 358 g/mol. The van der Waals surface area contributed by atoms with Crippen molar-refractivity contribution >= 4 is 29.3 Å². The predicted octanol–water partition coefficient (Wildman–Crippen LogP) is 3.24. The van der Waals surface area contributed by atoms with Gasteiger partial charge in [0.25, 0.3) is 0 Å². The Hall–Kier alpha value is -3.35. The van der Waals surface area contributed by atoms with E-state index in [1.54, 1.807) is 69.3 Å². The van der Waals surface area contributed by atoms with Crippen molar-refractivity contribution in [3.05, 3.63) is 59.7 Å². The number of carbonyl (C=O) groups is 3. The largest absolute Gasteiger partial charge is 0.444 e. The first-order valence-electron chi connectivity index (χ1n) is 8.87. The van der Waals surface area contributed by atoms with E-state index in [-0.39, 0.29) is 18.7 Å². The van der Waals surface area contributed by atoms with Gasteiger partial charge in [-0.05, 0) is 56.2 Å². The van der Waals surface area contributed by atoms with Gasteiger partial charge in [0, 0.05) is 11.4 Å². The van der Waals surface area contributed by atoms with E-state index in [0.29, 0.717) is 11.4 Å². The van der Waals surface area contributed by atoms with Crippen molar-refractivity contribution in [3.63, 3.8) is 0 Å². The second-order valence-corrected chi connectivity index (χ2v) is 7.39. The van der Waals surface area contributed by atoms with Crippen molar-refractivity contribution in [1.82, 2.24) is 0 Å². The van der Waals surface area contributed by atoms with Gasteiger partial charge in [-0.1, -0.05) is 24.3 Å². The summed E-state index contributed by atoms with van der Waals surface area (Å²) in [4.78, 5) is 34.8. The SMILES string of the molecule is CC(C)(C)OC(=O)Nc1ccc(CC(=O)Nc2ccc(CC(N)=O)cc2)cc1. The molecule has 2 aromatic rings. The van der Waals surface area contributed by atoms with Crippen LogP contribution in [0.5, 0.6) is 0 Å². The quantitative estimate of drug-likeness (QED) is 0.711. The zero-order valence-corrected chi connectivity index (χ0v) is 16.2. The lowest BCUT2D eigenvalue weighted by Gasteiger charge is -2.19. The molecule has 0 radical (unpaired) electrons. The molecule has 0 saturated heterocycles. The van der Waals surface area contributed by atoms with E-state index in [1.165, 1.54) is 0 Å². The molecule has 7 nitrogen and oxygen atoms in total. The van der Waals surface area contributed by atoms with Crippen molar-refractivity contribution < 1.29 is 19.1 Å². The normalized spacial score (nSPS) is 10.8. The molecule has 0 aliphatic heterocycles. The summed E-state index contributed by atoms with van der Waals surface area (Å²) in [5.74, 6) is -0.572. The van der Waals surface area contributed by atoms with Crippen molar-refractivity contribution in [3.8, 4) is 0 Å². The zero-order valence-electron chi connectivity index (χ0n) is 16.2. The molecule has 0 atom stereocenters. The lowest BCUT2D eigenvalue weighted by molar-refractivity contribution is -0.117. The maximum Gasteiger partial charge on any atom is 0.412 e. The molecule has 0 aliphatic carbocycles. The number of benzene rings is 2. The van der Waals surface area contributed by atoms with Gasteiger partial charge >= 0.3 is 6.09 Å². The maximum absolute atomic E-state index is 12.2. The van der Waals surface area contributed by atoms with Crippen LogP contribution < -0.4 is 16.4 Å². The highest BCUT2D eigenvalue weighted by molar-refractivity contribution is 5.92. The first kappa shape index (κ1) is 21.0. The van der Waals surface area contributed by atoms with Crippen LogP contribution in [0, 0.1) is 0 Å². The number of rotatable bonds is 6. The Labute approximate surface area is 164 Å². The molecule has 28 heavy (non-hydrogen) atoms. The molecule has 0 fully saturated rings. The highest BCUT2D eigenvalue weighted by Gasteiger charge is 2.16. The number of anilines is 2. The van der Waals surface area contributed by atoms with Crippen LogP contribution in [0.2, 0.25) is 0 Å². The monoisotopic (exact) mass is 383 g/mol. The van der Waals surface area contributed by atoms with E-state index in [9.17, 15) is 14.4 Å². The fourth-order valence-electron chi connectivity index (χ4n) is 2.43. The lowest BCUT2D eigenvalue weighted by atomic mass is 10.1. The third kappa shape index (κ3) is 7.49. The summed E-state index contributed by atoms with van der Waals surface area (Å²) >= 11 is 0. The van der Waals surface area contributed by atoms with E-state index in [2.05, 4.69) is 10.6 Å². The predicted molar refractivity (Wildman–Crippen MR) is 108 cm³/mol. The minimum Gasteiger partial charge on any atom is -0.444 e. The number of hydrogen-bond acceptors (Lipinski definition) is 4. The number of nitrogens with one attached hydrogen (secondary N) is 2. The first-order chi connectivity index (χ1) is 13.1. The van der Waals surface area contributed by atoms with Gasteiger partial charge in [0.1, 0.15) is 5.60 Å². The molecule has 0 unspecified atom stereocenters. The Bertz CT molecular complexity index is 837. The van der Waals surface area contributed by atoms with E-state index in [4.69, 9.17) is 10.5 Å². The molecule has 0 aromatic heterocycles. The minimum absolute atomic E-state index is 0.165. The summed E-state index contributed by atoms with van der Waals surface area (Å²) in [5.41, 5.74) is 7.41. The second-order valence-electron chi connectivity index (χ2n) is 7.39. The van der Waals surface area contributed by atoms with Gasteiger partial charge in [0.05, 0.1) is 12.8 Å². The number of nitrogens with two attached hydrogens (primary N) is 1. The Morgan fingerprint density at radius 3 is 1.75 bits per heavy atom. The average molecular weight is 383 g/mol. The third-order valence-electron chi connectivity index (χ3n) is 3.58. The van der Waals surface area contributed by atoms with Crippen molar-refractivity contribution in [2.75, 3.05) is 10.6 Å². The van der Waals surface area contributed by atoms with Gasteiger partial charge < -0.3 is 15.8 Å².